The Balaban J connectivity index is 1.11. The Morgan fingerprint density at radius 2 is 1.81 bits per heavy atom. The van der Waals surface area contributed by atoms with Crippen LogP contribution in [-0.2, 0) is 16.0 Å². The number of benzene rings is 1. The molecule has 3 fully saturated rings. The zero-order valence-electron chi connectivity index (χ0n) is 18.2. The molecule has 3 aliphatic heterocycles. The van der Waals surface area contributed by atoms with Crippen LogP contribution in [0.15, 0.2) is 54.9 Å². The predicted molar refractivity (Wildman–Crippen MR) is 121 cm³/mol. The molecule has 2 aromatic rings. The summed E-state index contributed by atoms with van der Waals surface area (Å²) in [5.41, 5.74) is 2.44. The van der Waals surface area contributed by atoms with Crippen molar-refractivity contribution in [3.8, 4) is 0 Å². The smallest absolute Gasteiger partial charge is 0.238 e. The molecule has 4 heterocycles. The van der Waals surface area contributed by atoms with E-state index in [1.807, 2.05) is 17.3 Å². The number of anilines is 1. The van der Waals surface area contributed by atoms with Gasteiger partial charge in [-0.2, -0.15) is 0 Å². The summed E-state index contributed by atoms with van der Waals surface area (Å²) < 4.78 is 6.58. The number of hydrogen-bond acceptors (Lipinski definition) is 5. The Kier molecular flexibility index (Phi) is 5.92. The number of nitrogens with zero attached hydrogens (tertiary/aromatic N) is 4. The Morgan fingerprint density at radius 3 is 2.58 bits per heavy atom. The van der Waals surface area contributed by atoms with E-state index in [9.17, 15) is 4.79 Å². The molecule has 0 saturated carbocycles. The first-order valence-electron chi connectivity index (χ1n) is 11.6. The van der Waals surface area contributed by atoms with Gasteiger partial charge in [0.15, 0.2) is 0 Å². The van der Waals surface area contributed by atoms with Gasteiger partial charge in [0.05, 0.1) is 18.7 Å². The zero-order chi connectivity index (χ0) is 21.1. The molecule has 5 rings (SSSR count). The number of aromatic nitrogens is 1. The topological polar surface area (TPSA) is 48.9 Å². The van der Waals surface area contributed by atoms with Crippen molar-refractivity contribution in [2.45, 2.75) is 43.9 Å². The molecule has 1 unspecified atom stereocenters. The highest BCUT2D eigenvalue weighted by Gasteiger charge is 2.50. The minimum atomic E-state index is -0.173. The number of fused-ring (bicyclic) bond motifs is 1. The molecular weight excluding hydrogens is 388 g/mol. The van der Waals surface area contributed by atoms with E-state index in [0.717, 1.165) is 64.8 Å². The Hall–Kier alpha value is -2.44. The summed E-state index contributed by atoms with van der Waals surface area (Å²) in [5, 5.41) is 0. The maximum absolute atomic E-state index is 12.8. The summed E-state index contributed by atoms with van der Waals surface area (Å²) in [7, 11) is 0. The van der Waals surface area contributed by atoms with Crippen LogP contribution < -0.4 is 4.90 Å². The van der Waals surface area contributed by atoms with Crippen molar-refractivity contribution in [2.24, 2.45) is 0 Å². The summed E-state index contributed by atoms with van der Waals surface area (Å²) in [5.74, 6) is 0.229. The number of amides is 1. The number of hydrogen-bond donors (Lipinski definition) is 0. The van der Waals surface area contributed by atoms with Crippen LogP contribution in [0.2, 0.25) is 0 Å². The fourth-order valence-electron chi connectivity index (χ4n) is 5.24. The summed E-state index contributed by atoms with van der Waals surface area (Å²) in [6, 6.07) is 14.8. The average Bonchev–Trinajstić information content (AvgIpc) is 3.17. The molecule has 0 bridgehead atoms. The van der Waals surface area contributed by atoms with Crippen molar-refractivity contribution < 1.29 is 9.53 Å². The first-order valence-corrected chi connectivity index (χ1v) is 11.6. The van der Waals surface area contributed by atoms with Crippen molar-refractivity contribution in [2.75, 3.05) is 44.2 Å². The number of rotatable bonds is 6. The Bertz CT molecular complexity index is 868. The van der Waals surface area contributed by atoms with Gasteiger partial charge in [-0.15, -0.1) is 0 Å². The molecule has 31 heavy (non-hydrogen) atoms. The second-order valence-corrected chi connectivity index (χ2v) is 9.15. The van der Waals surface area contributed by atoms with Gasteiger partial charge < -0.3 is 14.5 Å². The molecule has 3 saturated heterocycles. The van der Waals surface area contributed by atoms with E-state index in [4.69, 9.17) is 4.74 Å². The average molecular weight is 421 g/mol. The van der Waals surface area contributed by atoms with E-state index in [2.05, 4.69) is 57.2 Å². The highest BCUT2D eigenvalue weighted by Crippen LogP contribution is 2.38. The second kappa shape index (κ2) is 8.97. The molecule has 0 aliphatic carbocycles. The number of aryl methyl sites for hydroxylation is 1. The van der Waals surface area contributed by atoms with Gasteiger partial charge in [-0.3, -0.25) is 14.7 Å². The maximum atomic E-state index is 12.8. The van der Waals surface area contributed by atoms with E-state index >= 15 is 0 Å². The second-order valence-electron chi connectivity index (χ2n) is 9.15. The number of ether oxygens (including phenoxy) is 1. The largest absolute Gasteiger partial charge is 0.371 e. The highest BCUT2D eigenvalue weighted by molar-refractivity contribution is 5.79. The van der Waals surface area contributed by atoms with Crippen LogP contribution in [0.4, 0.5) is 5.69 Å². The molecule has 6 heteroatoms. The molecule has 1 atom stereocenters. The van der Waals surface area contributed by atoms with Crippen molar-refractivity contribution in [1.29, 1.82) is 0 Å². The lowest BCUT2D eigenvalue weighted by molar-refractivity contribution is -0.148. The first-order chi connectivity index (χ1) is 15.2. The van der Waals surface area contributed by atoms with Crippen LogP contribution in [0.1, 0.15) is 31.2 Å². The molecule has 1 amide bonds. The number of carbonyl (C=O) groups is 1. The number of carbonyl (C=O) groups excluding carboxylic acids is 1. The maximum Gasteiger partial charge on any atom is 0.238 e. The number of pyridine rings is 1. The summed E-state index contributed by atoms with van der Waals surface area (Å²) >= 11 is 0. The minimum absolute atomic E-state index is 0.0807. The van der Waals surface area contributed by atoms with Crippen LogP contribution in [0.25, 0.3) is 0 Å². The lowest BCUT2D eigenvalue weighted by Crippen LogP contribution is -2.54. The zero-order valence-corrected chi connectivity index (χ0v) is 18.2. The van der Waals surface area contributed by atoms with Crippen LogP contribution in [-0.4, -0.2) is 71.8 Å². The summed E-state index contributed by atoms with van der Waals surface area (Å²) in [4.78, 5) is 23.6. The van der Waals surface area contributed by atoms with Gasteiger partial charge in [0.2, 0.25) is 5.91 Å². The Labute approximate surface area is 184 Å². The summed E-state index contributed by atoms with van der Waals surface area (Å²) in [6.07, 6.45) is 8.91. The van der Waals surface area contributed by atoms with E-state index in [-0.39, 0.29) is 17.7 Å². The van der Waals surface area contributed by atoms with Crippen molar-refractivity contribution >= 4 is 11.6 Å². The van der Waals surface area contributed by atoms with E-state index in [1.165, 1.54) is 11.3 Å². The van der Waals surface area contributed by atoms with E-state index < -0.39 is 0 Å². The van der Waals surface area contributed by atoms with E-state index in [1.54, 1.807) is 0 Å². The van der Waals surface area contributed by atoms with Crippen LogP contribution in [0.5, 0.6) is 0 Å². The van der Waals surface area contributed by atoms with Gasteiger partial charge in [0.1, 0.15) is 6.23 Å². The normalized spacial score (nSPS) is 23.4. The van der Waals surface area contributed by atoms with Crippen molar-refractivity contribution in [1.82, 2.24) is 14.8 Å². The number of piperidine rings is 1. The number of piperazine rings is 1. The van der Waals surface area contributed by atoms with E-state index in [0.29, 0.717) is 6.54 Å². The van der Waals surface area contributed by atoms with Crippen LogP contribution in [0, 0.1) is 0 Å². The third-order valence-electron chi connectivity index (χ3n) is 7.02. The van der Waals surface area contributed by atoms with Crippen molar-refractivity contribution in [3.63, 3.8) is 0 Å². The molecule has 3 aliphatic rings. The Morgan fingerprint density at radius 1 is 1.03 bits per heavy atom. The lowest BCUT2D eigenvalue weighted by atomic mass is 9.91. The molecule has 1 aromatic carbocycles. The lowest BCUT2D eigenvalue weighted by Gasteiger charge is -2.39. The first kappa shape index (κ1) is 20.5. The number of unbranched alkanes of at least 4 members (excludes halogenated alkanes) is 1. The van der Waals surface area contributed by atoms with Gasteiger partial charge in [0.25, 0.3) is 0 Å². The van der Waals surface area contributed by atoms with Gasteiger partial charge in [-0.25, -0.2) is 0 Å². The fraction of sp³-hybridized carbons (Fsp3) is 0.520. The quantitative estimate of drug-likeness (QED) is 0.673. The molecule has 6 nitrogen and oxygen atoms in total. The molecule has 0 radical (unpaired) electrons. The molecule has 1 aromatic heterocycles. The van der Waals surface area contributed by atoms with Crippen molar-refractivity contribution in [3.05, 3.63) is 60.4 Å². The molecular formula is C25H32N4O2. The third kappa shape index (κ3) is 4.60. The van der Waals surface area contributed by atoms with Crippen LogP contribution in [0.3, 0.4) is 0 Å². The van der Waals surface area contributed by atoms with Gasteiger partial charge >= 0.3 is 0 Å². The minimum Gasteiger partial charge on any atom is -0.371 e. The monoisotopic (exact) mass is 420 g/mol. The molecule has 164 valence electrons. The van der Waals surface area contributed by atoms with Crippen LogP contribution >= 0.6 is 0 Å². The predicted octanol–water partition coefficient (Wildman–Crippen LogP) is 2.94. The van der Waals surface area contributed by atoms with Gasteiger partial charge in [0, 0.05) is 37.7 Å². The van der Waals surface area contributed by atoms with Gasteiger partial charge in [-0.1, -0.05) is 30.3 Å². The summed E-state index contributed by atoms with van der Waals surface area (Å²) in [6.45, 7) is 5.01. The standard InChI is InChI=1S/C25H32N4O2/c30-23-18-27(15-5-4-8-21-6-2-1-3-7-21)19-24-29(23)20-25(31-24)11-16-28(17-12-25)22-9-13-26-14-10-22/h1-3,6-7,9-10,13-14,24H,4-5,8,11-12,15-20H2. The molecule has 1 spiro atoms. The highest BCUT2D eigenvalue weighted by atomic mass is 16.5. The third-order valence-corrected chi connectivity index (χ3v) is 7.02. The SMILES string of the molecule is O=C1CN(CCCCc2ccccc2)CC2OC3(CCN(c4ccncc4)CC3)CN12. The fourth-order valence-corrected chi connectivity index (χ4v) is 5.24. The molecule has 0 N–H and O–H groups in total. The van der Waals surface area contributed by atoms with Gasteiger partial charge in [-0.05, 0) is 56.3 Å².